The first-order chi connectivity index (χ1) is 9.61. The first kappa shape index (κ1) is 13.9. The van der Waals surface area contributed by atoms with Gasteiger partial charge in [0.25, 0.3) is 5.69 Å². The molecular formula is C12H15N3O5. The van der Waals surface area contributed by atoms with Gasteiger partial charge < -0.3 is 19.7 Å². The number of rotatable bonds is 4. The van der Waals surface area contributed by atoms with Gasteiger partial charge in [0.05, 0.1) is 24.3 Å². The molecule has 0 bridgehead atoms. The number of non-ortho nitro benzene ring substituents is 1. The third kappa shape index (κ3) is 3.08. The highest BCUT2D eigenvalue weighted by molar-refractivity contribution is 5.67. The van der Waals surface area contributed by atoms with Crippen molar-refractivity contribution in [3.8, 4) is 5.75 Å². The van der Waals surface area contributed by atoms with Gasteiger partial charge in [0.15, 0.2) is 0 Å². The molecule has 1 heterocycles. The Balaban J connectivity index is 2.08. The van der Waals surface area contributed by atoms with E-state index in [2.05, 4.69) is 10.1 Å². The van der Waals surface area contributed by atoms with E-state index in [-0.39, 0.29) is 5.69 Å². The van der Waals surface area contributed by atoms with E-state index in [0.29, 0.717) is 37.7 Å². The van der Waals surface area contributed by atoms with Crippen LogP contribution < -0.4 is 15.0 Å². The van der Waals surface area contributed by atoms with Gasteiger partial charge >= 0.3 is 6.09 Å². The van der Waals surface area contributed by atoms with E-state index in [4.69, 9.17) is 4.74 Å². The number of methoxy groups -OCH3 is 1. The van der Waals surface area contributed by atoms with Gasteiger partial charge in [-0.2, -0.15) is 0 Å². The molecule has 0 spiro atoms. The Hall–Kier alpha value is -2.51. The molecule has 0 saturated heterocycles. The lowest BCUT2D eigenvalue weighted by Crippen LogP contribution is -2.39. The van der Waals surface area contributed by atoms with Crippen LogP contribution in [-0.4, -0.2) is 44.4 Å². The van der Waals surface area contributed by atoms with E-state index in [1.54, 1.807) is 6.07 Å². The molecule has 108 valence electrons. The third-order valence-electron chi connectivity index (χ3n) is 2.95. The minimum atomic E-state index is -0.502. The van der Waals surface area contributed by atoms with Gasteiger partial charge in [-0.15, -0.1) is 0 Å². The molecule has 1 aromatic rings. The second-order valence-electron chi connectivity index (χ2n) is 4.16. The standard InChI is InChI=1S/C12H15N3O5/c1-19-12(16)13-4-5-14-6-7-20-11-3-2-9(15(17)18)8-10(11)14/h2-3,8H,4-7H2,1H3,(H,13,16). The maximum Gasteiger partial charge on any atom is 0.406 e. The summed E-state index contributed by atoms with van der Waals surface area (Å²) < 4.78 is 9.94. The molecule has 1 aromatic carbocycles. The summed E-state index contributed by atoms with van der Waals surface area (Å²) in [6, 6.07) is 4.48. The van der Waals surface area contributed by atoms with Crippen LogP contribution in [0.4, 0.5) is 16.2 Å². The lowest BCUT2D eigenvalue weighted by molar-refractivity contribution is -0.384. The highest BCUT2D eigenvalue weighted by Gasteiger charge is 2.21. The zero-order valence-electron chi connectivity index (χ0n) is 11.0. The molecule has 0 unspecified atom stereocenters. The molecule has 8 nitrogen and oxygen atoms in total. The number of hydrogen-bond acceptors (Lipinski definition) is 6. The number of hydrogen-bond donors (Lipinski definition) is 1. The van der Waals surface area contributed by atoms with E-state index in [1.807, 2.05) is 4.90 Å². The van der Waals surface area contributed by atoms with E-state index >= 15 is 0 Å². The normalized spacial score (nSPS) is 13.2. The molecule has 1 aliphatic rings. The zero-order valence-corrected chi connectivity index (χ0v) is 11.0. The lowest BCUT2D eigenvalue weighted by atomic mass is 10.2. The van der Waals surface area contributed by atoms with Crippen molar-refractivity contribution in [2.75, 3.05) is 38.3 Å². The summed E-state index contributed by atoms with van der Waals surface area (Å²) in [5.41, 5.74) is 0.678. The minimum absolute atomic E-state index is 0.0141. The average molecular weight is 281 g/mol. The molecular weight excluding hydrogens is 266 g/mol. The SMILES string of the molecule is COC(=O)NCCN1CCOc2ccc([N+](=O)[O-])cc21. The second kappa shape index (κ2) is 6.09. The number of anilines is 1. The molecule has 1 amide bonds. The minimum Gasteiger partial charge on any atom is -0.490 e. The molecule has 0 atom stereocenters. The number of carbonyl (C=O) groups excluding carboxylic acids is 1. The van der Waals surface area contributed by atoms with Crippen LogP contribution in [0.1, 0.15) is 0 Å². The summed E-state index contributed by atoms with van der Waals surface area (Å²) >= 11 is 0. The van der Waals surface area contributed by atoms with E-state index < -0.39 is 11.0 Å². The van der Waals surface area contributed by atoms with Crippen molar-refractivity contribution >= 4 is 17.5 Å². The van der Waals surface area contributed by atoms with Crippen LogP contribution in [0.15, 0.2) is 18.2 Å². The summed E-state index contributed by atoms with van der Waals surface area (Å²) in [4.78, 5) is 23.3. The summed E-state index contributed by atoms with van der Waals surface area (Å²) in [7, 11) is 1.29. The number of benzene rings is 1. The molecule has 1 N–H and O–H groups in total. The van der Waals surface area contributed by atoms with Crippen molar-refractivity contribution in [3.05, 3.63) is 28.3 Å². The fourth-order valence-electron chi connectivity index (χ4n) is 1.97. The number of nitro groups is 1. The molecule has 8 heteroatoms. The van der Waals surface area contributed by atoms with Gasteiger partial charge in [-0.25, -0.2) is 4.79 Å². The topological polar surface area (TPSA) is 93.9 Å². The molecule has 0 saturated carbocycles. The maximum absolute atomic E-state index is 11.0. The van der Waals surface area contributed by atoms with Crippen molar-refractivity contribution in [3.63, 3.8) is 0 Å². The number of ether oxygens (including phenoxy) is 2. The van der Waals surface area contributed by atoms with E-state index in [9.17, 15) is 14.9 Å². The van der Waals surface area contributed by atoms with Crippen LogP contribution in [0.5, 0.6) is 5.75 Å². The first-order valence-electron chi connectivity index (χ1n) is 6.10. The number of nitrogens with zero attached hydrogens (tertiary/aromatic N) is 2. The molecule has 0 fully saturated rings. The van der Waals surface area contributed by atoms with Crippen LogP contribution in [0, 0.1) is 10.1 Å². The predicted molar refractivity (Wildman–Crippen MR) is 71.2 cm³/mol. The molecule has 0 radical (unpaired) electrons. The van der Waals surface area contributed by atoms with E-state index in [1.165, 1.54) is 19.2 Å². The Morgan fingerprint density at radius 1 is 1.60 bits per heavy atom. The van der Waals surface area contributed by atoms with Gasteiger partial charge in [0.1, 0.15) is 12.4 Å². The number of amides is 1. The van der Waals surface area contributed by atoms with Crippen LogP contribution in [-0.2, 0) is 4.74 Å². The number of nitro benzene ring substituents is 1. The Kier molecular flexibility index (Phi) is 4.24. The van der Waals surface area contributed by atoms with Crippen molar-refractivity contribution in [2.45, 2.75) is 0 Å². The number of carbonyl (C=O) groups is 1. The van der Waals surface area contributed by atoms with Gasteiger partial charge in [-0.1, -0.05) is 0 Å². The number of nitrogens with one attached hydrogen (secondary N) is 1. The largest absolute Gasteiger partial charge is 0.490 e. The van der Waals surface area contributed by atoms with Gasteiger partial charge in [-0.05, 0) is 6.07 Å². The number of fused-ring (bicyclic) bond motifs is 1. The molecule has 0 aromatic heterocycles. The first-order valence-corrected chi connectivity index (χ1v) is 6.10. The second-order valence-corrected chi connectivity index (χ2v) is 4.16. The average Bonchev–Trinajstić information content (AvgIpc) is 2.46. The summed E-state index contributed by atoms with van der Waals surface area (Å²) in [5.74, 6) is 0.611. The Bertz CT molecular complexity index is 520. The van der Waals surface area contributed by atoms with Gasteiger partial charge in [0.2, 0.25) is 0 Å². The molecule has 2 rings (SSSR count). The Labute approximate surface area is 115 Å². The molecule has 1 aliphatic heterocycles. The highest BCUT2D eigenvalue weighted by atomic mass is 16.6. The Morgan fingerprint density at radius 2 is 2.40 bits per heavy atom. The molecule has 0 aliphatic carbocycles. The predicted octanol–water partition coefficient (Wildman–Crippen LogP) is 1.15. The van der Waals surface area contributed by atoms with Crippen LogP contribution in [0.25, 0.3) is 0 Å². The van der Waals surface area contributed by atoms with Crippen molar-refractivity contribution in [1.82, 2.24) is 5.32 Å². The fourth-order valence-corrected chi connectivity index (χ4v) is 1.97. The Morgan fingerprint density at radius 3 is 3.10 bits per heavy atom. The van der Waals surface area contributed by atoms with Crippen LogP contribution in [0.2, 0.25) is 0 Å². The maximum atomic E-state index is 11.0. The van der Waals surface area contributed by atoms with Gasteiger partial charge in [0, 0.05) is 25.2 Å². The zero-order chi connectivity index (χ0) is 14.5. The smallest absolute Gasteiger partial charge is 0.406 e. The number of alkyl carbamates (subject to hydrolysis) is 1. The third-order valence-corrected chi connectivity index (χ3v) is 2.95. The summed E-state index contributed by atoms with van der Waals surface area (Å²) in [6.45, 7) is 2.02. The van der Waals surface area contributed by atoms with Crippen molar-refractivity contribution < 1.29 is 19.2 Å². The van der Waals surface area contributed by atoms with Gasteiger partial charge in [-0.3, -0.25) is 10.1 Å². The monoisotopic (exact) mass is 281 g/mol. The summed E-state index contributed by atoms with van der Waals surface area (Å²) in [6.07, 6.45) is -0.502. The van der Waals surface area contributed by atoms with Crippen LogP contribution in [0.3, 0.4) is 0 Å². The molecule has 20 heavy (non-hydrogen) atoms. The lowest BCUT2D eigenvalue weighted by Gasteiger charge is -2.30. The summed E-state index contributed by atoms with van der Waals surface area (Å²) in [5, 5.41) is 13.4. The fraction of sp³-hybridized carbons (Fsp3) is 0.417. The van der Waals surface area contributed by atoms with E-state index in [0.717, 1.165) is 0 Å². The highest BCUT2D eigenvalue weighted by Crippen LogP contribution is 2.34. The van der Waals surface area contributed by atoms with Crippen molar-refractivity contribution in [1.29, 1.82) is 0 Å². The van der Waals surface area contributed by atoms with Crippen molar-refractivity contribution in [2.24, 2.45) is 0 Å². The van der Waals surface area contributed by atoms with Crippen LogP contribution >= 0.6 is 0 Å². The quantitative estimate of drug-likeness (QED) is 0.657.